The number of benzene rings is 2. The van der Waals surface area contributed by atoms with Crippen molar-refractivity contribution in [1.82, 2.24) is 30.3 Å². The number of hydrogen-bond acceptors (Lipinski definition) is 12. The van der Waals surface area contributed by atoms with Gasteiger partial charge in [0.1, 0.15) is 47.4 Å². The van der Waals surface area contributed by atoms with Crippen molar-refractivity contribution >= 4 is 47.1 Å². The number of carbonyl (C=O) groups is 2. The highest BCUT2D eigenvalue weighted by molar-refractivity contribution is 7.52. The van der Waals surface area contributed by atoms with Gasteiger partial charge in [-0.05, 0) is 97.5 Å². The van der Waals surface area contributed by atoms with Crippen molar-refractivity contribution in [3.05, 3.63) is 60.3 Å². The monoisotopic (exact) mass is 879 g/mol. The largest absolute Gasteiger partial charge is 0.462 e. The van der Waals surface area contributed by atoms with Crippen LogP contribution in [0.4, 0.5) is 19.0 Å². The van der Waals surface area contributed by atoms with Gasteiger partial charge in [0.2, 0.25) is 5.91 Å². The van der Waals surface area contributed by atoms with E-state index < -0.39 is 55.3 Å². The lowest BCUT2D eigenvalue weighted by Crippen LogP contribution is -2.43. The minimum atomic E-state index is -4.38. The average Bonchev–Trinajstić information content (AvgIpc) is 3.31. The van der Waals surface area contributed by atoms with Crippen molar-refractivity contribution in [2.24, 2.45) is 0 Å². The summed E-state index contributed by atoms with van der Waals surface area (Å²) >= 11 is 0. The number of esters is 1. The fourth-order valence-corrected chi connectivity index (χ4v) is 9.42. The van der Waals surface area contributed by atoms with Gasteiger partial charge in [-0.15, -0.1) is 6.42 Å². The number of carbonyl (C=O) groups excluding carboxylic acids is 2. The number of alkyl halides is 1. The first-order valence-electron chi connectivity index (χ1n) is 20.6. The van der Waals surface area contributed by atoms with Gasteiger partial charge in [-0.1, -0.05) is 18.6 Å². The number of pyridine rings is 1. The van der Waals surface area contributed by atoms with Gasteiger partial charge in [-0.25, -0.2) is 17.7 Å². The maximum atomic E-state index is 17.6. The first-order valence-corrected chi connectivity index (χ1v) is 22.1. The maximum absolute atomic E-state index is 17.6. The second kappa shape index (κ2) is 19.0. The number of nitrogens with zero attached hydrogens (tertiary/aromatic N) is 5. The van der Waals surface area contributed by atoms with E-state index in [0.717, 1.165) is 18.9 Å². The molecular formula is C44H53F3N7O7P. The Morgan fingerprint density at radius 1 is 1.13 bits per heavy atom. The van der Waals surface area contributed by atoms with Crippen LogP contribution in [0.15, 0.2) is 43.1 Å². The molecule has 5 atom stereocenters. The van der Waals surface area contributed by atoms with E-state index in [0.29, 0.717) is 19.5 Å². The molecule has 14 nitrogen and oxygen atoms in total. The molecule has 18 heteroatoms. The summed E-state index contributed by atoms with van der Waals surface area (Å²) in [6.07, 6.45) is 8.67. The van der Waals surface area contributed by atoms with Crippen molar-refractivity contribution in [1.29, 1.82) is 0 Å². The molecule has 2 N–H and O–H groups in total. The minimum Gasteiger partial charge on any atom is -0.462 e. The van der Waals surface area contributed by atoms with Gasteiger partial charge in [0.05, 0.1) is 28.7 Å². The van der Waals surface area contributed by atoms with Gasteiger partial charge < -0.3 is 24.2 Å². The first kappa shape index (κ1) is 46.2. The van der Waals surface area contributed by atoms with E-state index in [9.17, 15) is 18.5 Å². The van der Waals surface area contributed by atoms with Gasteiger partial charge in [-0.3, -0.25) is 24.0 Å². The van der Waals surface area contributed by atoms with Crippen LogP contribution in [0.3, 0.4) is 0 Å². The third-order valence-electron chi connectivity index (χ3n) is 10.8. The zero-order chi connectivity index (χ0) is 45.1. The Balaban J connectivity index is 1.52. The zero-order valence-corrected chi connectivity index (χ0v) is 36.9. The van der Waals surface area contributed by atoms with E-state index in [1.165, 1.54) is 37.4 Å². The molecule has 332 valence electrons. The van der Waals surface area contributed by atoms with Crippen molar-refractivity contribution in [3.63, 3.8) is 0 Å². The molecule has 4 aromatic rings. The summed E-state index contributed by atoms with van der Waals surface area (Å²) in [7, 11) is -2.59. The average molecular weight is 880 g/mol. The zero-order valence-electron chi connectivity index (χ0n) is 36.0. The molecule has 2 saturated heterocycles. The Hall–Kier alpha value is -5.27. The molecule has 6 rings (SSSR count). The number of likely N-dealkylation sites (N-methyl/N-ethyl adjacent to an activating group) is 1. The van der Waals surface area contributed by atoms with Crippen molar-refractivity contribution in [2.75, 3.05) is 38.2 Å². The number of terminal acetylenes is 1. The molecule has 0 saturated carbocycles. The molecule has 2 aliphatic rings. The Morgan fingerprint density at radius 3 is 2.55 bits per heavy atom. The van der Waals surface area contributed by atoms with E-state index in [4.69, 9.17) is 29.9 Å². The topological polar surface area (TPSA) is 157 Å². The Labute approximate surface area is 359 Å². The third-order valence-corrected chi connectivity index (χ3v) is 12.6. The van der Waals surface area contributed by atoms with Crippen LogP contribution in [0, 0.1) is 24.0 Å². The molecule has 0 bridgehead atoms. The Morgan fingerprint density at radius 2 is 1.89 bits per heavy atom. The lowest BCUT2D eigenvalue weighted by atomic mass is 9.96. The van der Waals surface area contributed by atoms with Crippen LogP contribution in [0.1, 0.15) is 72.8 Å². The summed E-state index contributed by atoms with van der Waals surface area (Å²) in [5.74, 6) is -0.213. The molecule has 2 fully saturated rings. The van der Waals surface area contributed by atoms with Crippen LogP contribution in [0.25, 0.3) is 32.9 Å². The van der Waals surface area contributed by atoms with E-state index in [-0.39, 0.29) is 87.6 Å². The molecule has 0 spiro atoms. The maximum Gasteiger partial charge on any atom is 0.459 e. The van der Waals surface area contributed by atoms with Crippen LogP contribution < -0.4 is 24.6 Å². The number of aromatic nitrogens is 3. The van der Waals surface area contributed by atoms with Gasteiger partial charge in [0, 0.05) is 49.2 Å². The van der Waals surface area contributed by atoms with Crippen LogP contribution in [-0.4, -0.2) is 101 Å². The van der Waals surface area contributed by atoms with E-state index >= 15 is 8.78 Å². The van der Waals surface area contributed by atoms with Crippen molar-refractivity contribution in [3.8, 4) is 35.4 Å². The lowest BCUT2D eigenvalue weighted by molar-refractivity contribution is -0.149. The van der Waals surface area contributed by atoms with Gasteiger partial charge in [-0.2, -0.15) is 15.1 Å². The number of anilines is 1. The highest BCUT2D eigenvalue weighted by Gasteiger charge is 2.41. The number of rotatable bonds is 15. The molecule has 62 heavy (non-hydrogen) atoms. The Bertz CT molecular complexity index is 2450. The molecule has 2 aromatic heterocycles. The highest BCUT2D eigenvalue weighted by Crippen LogP contribution is 2.48. The predicted octanol–water partition coefficient (Wildman–Crippen LogP) is 7.42. The van der Waals surface area contributed by atoms with E-state index in [1.54, 1.807) is 34.7 Å². The fraction of sp³-hybridized carbons (Fsp3) is 0.477. The highest BCUT2D eigenvalue weighted by atomic mass is 31.2. The standard InChI is InChI=1S/C44H53F3N7O7P/c1-10-32-35(46)16-15-28-18-31(61-62(57,60-26(5)6)52-27(7)42(56)59-25(3)4)19-33(37(28)32)39-38(47)40-34(21-48-39)41(54-17-13-12-14-30(23-54)49-36(55)11-2)51-43(50-40)58-24-44(8)20-29(45)22-53(44)9/h1,11,15-16,18-19,21,25-27,29-30H,2,12-14,17,20,22-24H2,3-9H3,(H,49,55)(H,52,57)/t27-,29+,30?,44-,62?/m0/s1. The van der Waals surface area contributed by atoms with E-state index in [2.05, 4.69) is 32.9 Å². The van der Waals surface area contributed by atoms with Crippen molar-refractivity contribution < 1.29 is 45.8 Å². The molecule has 0 aliphatic carbocycles. The molecule has 2 aliphatic heterocycles. The number of nitrogens with one attached hydrogen (secondary N) is 2. The molecule has 2 aromatic carbocycles. The summed E-state index contributed by atoms with van der Waals surface area (Å²) < 4.78 is 85.1. The molecule has 0 radical (unpaired) electrons. The van der Waals surface area contributed by atoms with Crippen molar-refractivity contribution in [2.45, 2.75) is 103 Å². The summed E-state index contributed by atoms with van der Waals surface area (Å²) in [6.45, 7) is 14.5. The number of hydrogen-bond donors (Lipinski definition) is 2. The van der Waals surface area contributed by atoms with Crippen LogP contribution in [-0.2, 0) is 23.4 Å². The molecular weight excluding hydrogens is 826 g/mol. The number of amides is 1. The second-order valence-electron chi connectivity index (χ2n) is 16.5. The van der Waals surface area contributed by atoms with E-state index in [1.807, 2.05) is 16.7 Å². The number of ether oxygens (including phenoxy) is 2. The smallest absolute Gasteiger partial charge is 0.459 e. The first-order chi connectivity index (χ1) is 29.3. The number of fused-ring (bicyclic) bond motifs is 2. The summed E-state index contributed by atoms with van der Waals surface area (Å²) in [5.41, 5.74) is -1.46. The normalized spacial score (nSPS) is 21.0. The van der Waals surface area contributed by atoms with Crippen LogP contribution >= 0.6 is 7.75 Å². The summed E-state index contributed by atoms with van der Waals surface area (Å²) in [5, 5.41) is 6.17. The quantitative estimate of drug-likeness (QED) is 0.0527. The van der Waals surface area contributed by atoms with Gasteiger partial charge >= 0.3 is 19.7 Å². The minimum absolute atomic E-state index is 0.0123. The molecule has 1 amide bonds. The van der Waals surface area contributed by atoms with Crippen LogP contribution in [0.2, 0.25) is 0 Å². The fourth-order valence-electron chi connectivity index (χ4n) is 7.74. The Kier molecular flexibility index (Phi) is 14.2. The van der Waals surface area contributed by atoms with Gasteiger partial charge in [0.15, 0.2) is 5.82 Å². The number of halogens is 3. The SMILES string of the molecule is C#Cc1c(F)ccc2cc(OP(=O)(N[C@@H](C)C(=O)OC(C)C)OC(C)C)cc(-c3ncc4c(N5CCCCC(NC(=O)C=C)C5)nc(OC[C@]5(C)C[C@@H](F)CN5C)nc4c3F)c12. The lowest BCUT2D eigenvalue weighted by Gasteiger charge is -2.31. The number of likely N-dealkylation sites (tertiary alicyclic amines) is 1. The summed E-state index contributed by atoms with van der Waals surface area (Å²) in [6, 6.07) is 3.68. The third kappa shape index (κ3) is 10.3. The summed E-state index contributed by atoms with van der Waals surface area (Å²) in [4.78, 5) is 42.7. The second-order valence-corrected chi connectivity index (χ2v) is 18.2. The molecule has 2 unspecified atom stereocenters. The van der Waals surface area contributed by atoms with Gasteiger partial charge in [0.25, 0.3) is 0 Å². The predicted molar refractivity (Wildman–Crippen MR) is 231 cm³/mol. The molecule has 4 heterocycles. The van der Waals surface area contributed by atoms with Crippen LogP contribution in [0.5, 0.6) is 11.8 Å².